The summed E-state index contributed by atoms with van der Waals surface area (Å²) in [6.45, 7) is 5.87. The van der Waals surface area contributed by atoms with Gasteiger partial charge in [-0.2, -0.15) is 0 Å². The summed E-state index contributed by atoms with van der Waals surface area (Å²) in [6.07, 6.45) is -0.654. The number of hydrogen-bond donors (Lipinski definition) is 1. The largest absolute Gasteiger partial charge is 0.448 e. The summed E-state index contributed by atoms with van der Waals surface area (Å²) in [6, 6.07) is -0.926. The van der Waals surface area contributed by atoms with E-state index in [-0.39, 0.29) is 22.6 Å². The number of amides is 1. The molecule has 0 radical (unpaired) electrons. The van der Waals surface area contributed by atoms with Gasteiger partial charge in [0.25, 0.3) is 0 Å². The highest BCUT2D eigenvalue weighted by atomic mass is 32.2. The predicted octanol–water partition coefficient (Wildman–Crippen LogP) is -0.260. The van der Waals surface area contributed by atoms with Gasteiger partial charge in [0.1, 0.15) is 17.5 Å². The van der Waals surface area contributed by atoms with Crippen molar-refractivity contribution in [1.29, 1.82) is 0 Å². The van der Waals surface area contributed by atoms with Gasteiger partial charge in [0.2, 0.25) is 5.91 Å². The van der Waals surface area contributed by atoms with Crippen molar-refractivity contribution in [2.45, 2.75) is 43.0 Å². The molecule has 2 N–H and O–H groups in total. The van der Waals surface area contributed by atoms with Crippen LogP contribution < -0.4 is 5.73 Å². The molecule has 2 saturated heterocycles. The Labute approximate surface area is 125 Å². The molecule has 9 nitrogen and oxygen atoms in total. The molecular weight excluding hydrogens is 296 g/mol. The lowest BCUT2D eigenvalue weighted by Gasteiger charge is -2.42. The molecule has 0 bridgehead atoms. The van der Waals surface area contributed by atoms with Gasteiger partial charge in [-0.25, -0.2) is 4.79 Å². The van der Waals surface area contributed by atoms with Crippen LogP contribution in [0.1, 0.15) is 32.6 Å². The normalized spacial score (nSPS) is 30.0. The summed E-state index contributed by atoms with van der Waals surface area (Å²) >= 11 is 1.59. The number of nitrogens with zero attached hydrogens (tertiary/aromatic N) is 5. The minimum absolute atomic E-state index is 0.107. The van der Waals surface area contributed by atoms with Crippen LogP contribution in [0.4, 0.5) is 4.79 Å². The molecule has 10 heteroatoms. The average molecular weight is 312 g/mol. The molecule has 114 valence electrons. The van der Waals surface area contributed by atoms with Crippen molar-refractivity contribution in [3.8, 4) is 0 Å². The average Bonchev–Trinajstić information content (AvgIpc) is 2.99. The van der Waals surface area contributed by atoms with Crippen molar-refractivity contribution in [3.63, 3.8) is 0 Å². The van der Waals surface area contributed by atoms with Crippen molar-refractivity contribution < 1.29 is 14.3 Å². The van der Waals surface area contributed by atoms with Gasteiger partial charge >= 0.3 is 6.09 Å². The Bertz CT molecular complexity index is 603. The van der Waals surface area contributed by atoms with E-state index in [1.54, 1.807) is 23.6 Å². The number of ether oxygens (including phenoxy) is 1. The zero-order valence-corrected chi connectivity index (χ0v) is 12.7. The predicted molar refractivity (Wildman–Crippen MR) is 73.3 cm³/mol. The maximum Gasteiger partial charge on any atom is 0.437 e. The lowest BCUT2D eigenvalue weighted by atomic mass is 9.95. The molecule has 2 fully saturated rings. The summed E-state index contributed by atoms with van der Waals surface area (Å²) in [5.74, 6) is 0.148. The topological polar surface area (TPSA) is 116 Å². The Balaban J connectivity index is 1.98. The number of fused-ring (bicyclic) bond motifs is 1. The van der Waals surface area contributed by atoms with Crippen LogP contribution >= 0.6 is 11.8 Å². The molecule has 1 aromatic rings. The molecule has 1 amide bonds. The summed E-state index contributed by atoms with van der Waals surface area (Å²) in [5.41, 5.74) is 5.83. The Morgan fingerprint density at radius 3 is 2.90 bits per heavy atom. The van der Waals surface area contributed by atoms with Gasteiger partial charge in [-0.05, 0) is 31.2 Å². The summed E-state index contributed by atoms with van der Waals surface area (Å²) < 4.78 is 5.59. The molecule has 1 aromatic heterocycles. The van der Waals surface area contributed by atoms with Gasteiger partial charge in [-0.3, -0.25) is 4.79 Å². The van der Waals surface area contributed by atoms with E-state index in [2.05, 4.69) is 15.5 Å². The minimum atomic E-state index is -0.654. The molecule has 21 heavy (non-hydrogen) atoms. The molecular formula is C11H16N6O3S. The highest BCUT2D eigenvalue weighted by Crippen LogP contribution is 2.56. The van der Waals surface area contributed by atoms with Crippen molar-refractivity contribution in [2.75, 3.05) is 6.61 Å². The van der Waals surface area contributed by atoms with Gasteiger partial charge in [0, 0.05) is 4.75 Å². The van der Waals surface area contributed by atoms with Crippen LogP contribution in [0.25, 0.3) is 0 Å². The molecule has 0 spiro atoms. The number of carbonyl (C=O) groups excluding carboxylic acids is 2. The van der Waals surface area contributed by atoms with Crippen LogP contribution in [0.5, 0.6) is 0 Å². The van der Waals surface area contributed by atoms with Gasteiger partial charge < -0.3 is 15.4 Å². The third-order valence-electron chi connectivity index (χ3n) is 3.66. The van der Waals surface area contributed by atoms with E-state index >= 15 is 0 Å². The SMILES string of the molecule is CCOC(=O)n1nnnc1C1N2C(=O)C(N)[C@H]2SC1(C)C. The molecule has 0 aliphatic carbocycles. The lowest BCUT2D eigenvalue weighted by molar-refractivity contribution is -0.147. The molecule has 3 heterocycles. The Hall–Kier alpha value is -1.68. The van der Waals surface area contributed by atoms with E-state index in [1.807, 2.05) is 13.8 Å². The number of rotatable bonds is 2. The first kappa shape index (κ1) is 14.3. The molecule has 2 unspecified atom stereocenters. The second-order valence-corrected chi connectivity index (χ2v) is 7.20. The van der Waals surface area contributed by atoms with Crippen LogP contribution in [-0.4, -0.2) is 59.9 Å². The number of β-lactam (4-membered cyclic amide) rings is 1. The number of thioether (sulfide) groups is 1. The first-order valence-corrected chi connectivity index (χ1v) is 7.47. The maximum atomic E-state index is 12.0. The third-order valence-corrected chi connectivity index (χ3v) is 5.25. The molecule has 2 aliphatic rings. The van der Waals surface area contributed by atoms with Crippen molar-refractivity contribution >= 4 is 23.8 Å². The van der Waals surface area contributed by atoms with E-state index < -0.39 is 18.2 Å². The Morgan fingerprint density at radius 1 is 1.52 bits per heavy atom. The van der Waals surface area contributed by atoms with Crippen molar-refractivity contribution in [1.82, 2.24) is 25.1 Å². The van der Waals surface area contributed by atoms with Crippen molar-refractivity contribution in [2.24, 2.45) is 5.73 Å². The molecule has 2 aliphatic heterocycles. The van der Waals surface area contributed by atoms with E-state index in [1.165, 1.54) is 0 Å². The second kappa shape index (κ2) is 4.67. The van der Waals surface area contributed by atoms with Crippen LogP contribution in [0, 0.1) is 0 Å². The number of tetrazole rings is 1. The van der Waals surface area contributed by atoms with Crippen LogP contribution in [0.2, 0.25) is 0 Å². The highest BCUT2D eigenvalue weighted by Gasteiger charge is 2.62. The monoisotopic (exact) mass is 312 g/mol. The first-order valence-electron chi connectivity index (χ1n) is 6.59. The van der Waals surface area contributed by atoms with Gasteiger partial charge in [0.05, 0.1) is 6.61 Å². The zero-order valence-electron chi connectivity index (χ0n) is 11.9. The number of hydrogen-bond acceptors (Lipinski definition) is 8. The Kier molecular flexibility index (Phi) is 3.17. The smallest absolute Gasteiger partial charge is 0.437 e. The van der Waals surface area contributed by atoms with Gasteiger partial charge in [0.15, 0.2) is 5.82 Å². The van der Waals surface area contributed by atoms with E-state index in [9.17, 15) is 9.59 Å². The van der Waals surface area contributed by atoms with E-state index in [0.29, 0.717) is 5.82 Å². The maximum absolute atomic E-state index is 12.0. The quantitative estimate of drug-likeness (QED) is 0.586. The van der Waals surface area contributed by atoms with E-state index in [0.717, 1.165) is 4.68 Å². The number of carbonyl (C=O) groups is 2. The fraction of sp³-hybridized carbons (Fsp3) is 0.727. The molecule has 3 rings (SSSR count). The fourth-order valence-electron chi connectivity index (χ4n) is 2.74. The van der Waals surface area contributed by atoms with Crippen LogP contribution in [0.3, 0.4) is 0 Å². The van der Waals surface area contributed by atoms with Crippen LogP contribution in [-0.2, 0) is 9.53 Å². The highest BCUT2D eigenvalue weighted by molar-refractivity contribution is 8.01. The molecule has 3 atom stereocenters. The molecule has 0 saturated carbocycles. The third kappa shape index (κ3) is 1.93. The van der Waals surface area contributed by atoms with Gasteiger partial charge in [-0.1, -0.05) is 0 Å². The summed E-state index contributed by atoms with van der Waals surface area (Å²) in [5, 5.41) is 11.0. The van der Waals surface area contributed by atoms with Crippen LogP contribution in [0.15, 0.2) is 0 Å². The second-order valence-electron chi connectivity index (χ2n) is 5.43. The fourth-order valence-corrected chi connectivity index (χ4v) is 4.31. The summed E-state index contributed by atoms with van der Waals surface area (Å²) in [4.78, 5) is 25.6. The summed E-state index contributed by atoms with van der Waals surface area (Å²) in [7, 11) is 0. The zero-order chi connectivity index (χ0) is 15.4. The lowest BCUT2D eigenvalue weighted by Crippen LogP contribution is -2.65. The first-order chi connectivity index (χ1) is 9.88. The van der Waals surface area contributed by atoms with E-state index in [4.69, 9.17) is 10.5 Å². The van der Waals surface area contributed by atoms with Gasteiger partial charge in [-0.15, -0.1) is 21.5 Å². The minimum Gasteiger partial charge on any atom is -0.448 e. The standard InChI is InChI=1S/C11H16N6O3S/c1-4-20-10(19)17-7(13-14-15-17)6-11(2,3)21-9-5(12)8(18)16(6)9/h5-6,9H,4,12H2,1-3H3/t5?,6?,9-/m1/s1. The number of nitrogens with two attached hydrogens (primary N) is 1. The van der Waals surface area contributed by atoms with Crippen molar-refractivity contribution in [3.05, 3.63) is 5.82 Å². The number of aromatic nitrogens is 4. The Morgan fingerprint density at radius 2 is 2.24 bits per heavy atom. The molecule has 0 aromatic carbocycles.